The van der Waals surface area contributed by atoms with Crippen molar-refractivity contribution in [1.82, 2.24) is 9.97 Å². The van der Waals surface area contributed by atoms with Gasteiger partial charge in [-0.3, -0.25) is 0 Å². The topological polar surface area (TPSA) is 46.0 Å². The Morgan fingerprint density at radius 1 is 0.900 bits per heavy atom. The van der Waals surface area contributed by atoms with Crippen LogP contribution in [-0.4, -0.2) is 15.1 Å². The van der Waals surface area contributed by atoms with Gasteiger partial charge in [-0.2, -0.15) is 0 Å². The van der Waals surface area contributed by atoms with E-state index < -0.39 is 0 Å². The molecule has 0 bridgehead atoms. The molecule has 1 aromatic heterocycles. The van der Waals surface area contributed by atoms with Crippen LogP contribution in [0.1, 0.15) is 0 Å². The molecule has 3 nitrogen and oxygen atoms in total. The van der Waals surface area contributed by atoms with Gasteiger partial charge in [0.05, 0.1) is 10.5 Å². The van der Waals surface area contributed by atoms with Crippen molar-refractivity contribution >= 4 is 45.7 Å². The number of halogens is 3. The summed E-state index contributed by atoms with van der Waals surface area (Å²) in [6.45, 7) is 0. The van der Waals surface area contributed by atoms with Crippen LogP contribution in [0.4, 0.5) is 0 Å². The van der Waals surface area contributed by atoms with Gasteiger partial charge in [0.25, 0.3) is 0 Å². The van der Waals surface area contributed by atoms with Gasteiger partial charge in [0.2, 0.25) is 0 Å². The molecule has 0 aliphatic carbocycles. The van der Waals surface area contributed by atoms with E-state index in [0.29, 0.717) is 32.3 Å². The molecule has 0 aliphatic rings. The summed E-state index contributed by atoms with van der Waals surface area (Å²) >= 11 is 18.2. The summed E-state index contributed by atoms with van der Waals surface area (Å²) in [7, 11) is 0. The van der Waals surface area contributed by atoms with Crippen LogP contribution in [0.2, 0.25) is 15.2 Å². The fraction of sp³-hybridized carbons (Fsp3) is 0. The van der Waals surface area contributed by atoms with E-state index in [2.05, 4.69) is 9.97 Å². The number of phenolic OH excluding ortho intramolecular Hbond substituents is 1. The van der Waals surface area contributed by atoms with Gasteiger partial charge in [0, 0.05) is 16.0 Å². The van der Waals surface area contributed by atoms with Crippen molar-refractivity contribution in [2.45, 2.75) is 0 Å². The number of hydrogen-bond acceptors (Lipinski definition) is 3. The van der Waals surface area contributed by atoms with E-state index in [1.54, 1.807) is 30.3 Å². The molecule has 0 saturated heterocycles. The molecule has 0 radical (unpaired) electrons. The van der Waals surface area contributed by atoms with E-state index in [0.717, 1.165) is 0 Å². The van der Waals surface area contributed by atoms with Gasteiger partial charge >= 0.3 is 0 Å². The Balaban J connectivity index is 2.24. The van der Waals surface area contributed by atoms with Gasteiger partial charge in [0.15, 0.2) is 5.82 Å². The summed E-state index contributed by atoms with van der Waals surface area (Å²) in [6, 6.07) is 9.80. The monoisotopic (exact) mass is 324 g/mol. The number of aromatic nitrogens is 2. The first-order valence-electron chi connectivity index (χ1n) is 5.66. The zero-order chi connectivity index (χ0) is 14.3. The number of phenols is 1. The first kappa shape index (κ1) is 13.4. The molecule has 0 spiro atoms. The molecule has 0 fully saturated rings. The first-order valence-corrected chi connectivity index (χ1v) is 6.79. The Hall–Kier alpha value is -1.55. The highest BCUT2D eigenvalue weighted by Crippen LogP contribution is 2.31. The molecule has 20 heavy (non-hydrogen) atoms. The van der Waals surface area contributed by atoms with Crippen LogP contribution in [0.25, 0.3) is 22.3 Å². The van der Waals surface area contributed by atoms with Crippen LogP contribution in [0.15, 0.2) is 36.4 Å². The number of fused-ring (bicyclic) bond motifs is 1. The molecule has 3 rings (SSSR count). The third-order valence-corrected chi connectivity index (χ3v) is 3.64. The van der Waals surface area contributed by atoms with Crippen molar-refractivity contribution in [3.8, 4) is 17.1 Å². The lowest BCUT2D eigenvalue weighted by atomic mass is 10.2. The second-order valence-corrected chi connectivity index (χ2v) is 5.37. The summed E-state index contributed by atoms with van der Waals surface area (Å²) in [6.07, 6.45) is 0. The summed E-state index contributed by atoms with van der Waals surface area (Å²) in [5, 5.41) is 11.3. The molecule has 100 valence electrons. The Morgan fingerprint density at radius 3 is 2.45 bits per heavy atom. The van der Waals surface area contributed by atoms with Crippen molar-refractivity contribution in [2.24, 2.45) is 0 Å². The van der Waals surface area contributed by atoms with Gasteiger partial charge in [-0.25, -0.2) is 9.97 Å². The van der Waals surface area contributed by atoms with Crippen molar-refractivity contribution in [1.29, 1.82) is 0 Å². The van der Waals surface area contributed by atoms with Crippen LogP contribution in [-0.2, 0) is 0 Å². The summed E-state index contributed by atoms with van der Waals surface area (Å²) < 4.78 is 0. The minimum atomic E-state index is 0.111. The second kappa shape index (κ2) is 5.09. The smallest absolute Gasteiger partial charge is 0.162 e. The lowest BCUT2D eigenvalue weighted by Gasteiger charge is -2.07. The number of rotatable bonds is 1. The quantitative estimate of drug-likeness (QED) is 0.643. The number of benzene rings is 2. The molecule has 6 heteroatoms. The Morgan fingerprint density at radius 2 is 1.70 bits per heavy atom. The standard InChI is InChI=1S/C14H7Cl3N2O/c15-7-1-3-9(11(16)5-7)14-18-12-4-2-8(20)6-10(12)13(17)19-14/h1-6,20H. The van der Waals surface area contributed by atoms with Crippen molar-refractivity contribution < 1.29 is 5.11 Å². The molecule has 1 heterocycles. The summed E-state index contributed by atoms with van der Waals surface area (Å²) in [5.41, 5.74) is 1.27. The average Bonchev–Trinajstić information content (AvgIpc) is 2.39. The van der Waals surface area contributed by atoms with E-state index in [9.17, 15) is 5.11 Å². The normalized spacial score (nSPS) is 10.9. The predicted octanol–water partition coefficient (Wildman–Crippen LogP) is 4.96. The second-order valence-electron chi connectivity index (χ2n) is 4.16. The molecular weight excluding hydrogens is 319 g/mol. The molecule has 0 saturated carbocycles. The third-order valence-electron chi connectivity index (χ3n) is 2.80. The maximum Gasteiger partial charge on any atom is 0.162 e. The molecule has 3 aromatic rings. The molecule has 1 N–H and O–H groups in total. The Kier molecular flexibility index (Phi) is 3.42. The van der Waals surface area contributed by atoms with Crippen LogP contribution < -0.4 is 0 Å². The maximum atomic E-state index is 9.47. The first-order chi connectivity index (χ1) is 9.54. The zero-order valence-electron chi connectivity index (χ0n) is 9.94. The van der Waals surface area contributed by atoms with Crippen LogP contribution >= 0.6 is 34.8 Å². The Labute approximate surface area is 129 Å². The van der Waals surface area contributed by atoms with Crippen LogP contribution in [0.3, 0.4) is 0 Å². The van der Waals surface area contributed by atoms with Crippen molar-refractivity contribution in [3.63, 3.8) is 0 Å². The number of hydrogen-bond donors (Lipinski definition) is 1. The summed E-state index contributed by atoms with van der Waals surface area (Å²) in [5.74, 6) is 0.523. The maximum absolute atomic E-state index is 9.47. The fourth-order valence-electron chi connectivity index (χ4n) is 1.87. The van der Waals surface area contributed by atoms with Gasteiger partial charge in [0.1, 0.15) is 10.9 Å². The fourth-order valence-corrected chi connectivity index (χ4v) is 2.59. The average molecular weight is 326 g/mol. The highest BCUT2D eigenvalue weighted by molar-refractivity contribution is 6.36. The van der Waals surface area contributed by atoms with E-state index in [4.69, 9.17) is 34.8 Å². The van der Waals surface area contributed by atoms with Gasteiger partial charge in [-0.15, -0.1) is 0 Å². The van der Waals surface area contributed by atoms with Gasteiger partial charge in [-0.1, -0.05) is 34.8 Å². The third kappa shape index (κ3) is 2.40. The molecule has 0 unspecified atom stereocenters. The zero-order valence-corrected chi connectivity index (χ0v) is 12.2. The van der Waals surface area contributed by atoms with Crippen LogP contribution in [0, 0.1) is 0 Å². The lowest BCUT2D eigenvalue weighted by Crippen LogP contribution is -1.92. The summed E-state index contributed by atoms with van der Waals surface area (Å²) in [4.78, 5) is 8.62. The highest BCUT2D eigenvalue weighted by Gasteiger charge is 2.11. The van der Waals surface area contributed by atoms with E-state index in [1.165, 1.54) is 6.07 Å². The molecule has 2 aromatic carbocycles. The van der Waals surface area contributed by atoms with Gasteiger partial charge in [-0.05, 0) is 36.4 Å². The number of aromatic hydroxyl groups is 1. The predicted molar refractivity (Wildman–Crippen MR) is 81.7 cm³/mol. The van der Waals surface area contributed by atoms with Crippen molar-refractivity contribution in [3.05, 3.63) is 51.6 Å². The number of nitrogens with zero attached hydrogens (tertiary/aromatic N) is 2. The minimum Gasteiger partial charge on any atom is -0.508 e. The molecular formula is C14H7Cl3N2O. The van der Waals surface area contributed by atoms with E-state index in [1.807, 2.05) is 0 Å². The minimum absolute atomic E-state index is 0.111. The van der Waals surface area contributed by atoms with E-state index in [-0.39, 0.29) is 10.9 Å². The van der Waals surface area contributed by atoms with E-state index >= 15 is 0 Å². The van der Waals surface area contributed by atoms with Crippen molar-refractivity contribution in [2.75, 3.05) is 0 Å². The molecule has 0 aliphatic heterocycles. The highest BCUT2D eigenvalue weighted by atomic mass is 35.5. The largest absolute Gasteiger partial charge is 0.508 e. The van der Waals surface area contributed by atoms with Crippen LogP contribution in [0.5, 0.6) is 5.75 Å². The SMILES string of the molecule is Oc1ccc2nc(-c3ccc(Cl)cc3Cl)nc(Cl)c2c1. The van der Waals surface area contributed by atoms with Gasteiger partial charge < -0.3 is 5.11 Å². The Bertz CT molecular complexity index is 821. The molecule has 0 amide bonds. The molecule has 0 atom stereocenters. The lowest BCUT2D eigenvalue weighted by molar-refractivity contribution is 0.476.